The third-order valence-corrected chi connectivity index (χ3v) is 28.4. The maximum absolute atomic E-state index is 2.44. The number of fused-ring (bicyclic) bond motifs is 40. The van der Waals surface area contributed by atoms with Gasteiger partial charge in [0.25, 0.3) is 0 Å². The van der Waals surface area contributed by atoms with E-state index in [1.165, 1.54) is 256 Å². The minimum Gasteiger partial charge on any atom is -0.0683 e. The maximum Gasteiger partial charge on any atom is -0.000718 e. The van der Waals surface area contributed by atoms with Crippen molar-refractivity contribution in [3.8, 4) is 134 Å². The van der Waals surface area contributed by atoms with Crippen molar-refractivity contribution in [2.24, 2.45) is 0 Å². The first kappa shape index (κ1) is 87.3. The topological polar surface area (TPSA) is 0 Å². The normalized spacial score (nSPS) is 12.6. The first-order valence-corrected chi connectivity index (χ1v) is 49.4. The molecule has 18 aromatic rings. The molecule has 0 N–H and O–H groups in total. The van der Waals surface area contributed by atoms with Gasteiger partial charge < -0.3 is 0 Å². The molecule has 0 heteroatoms. The third kappa shape index (κ3) is 15.5. The molecule has 648 valence electrons. The van der Waals surface area contributed by atoms with Crippen LogP contribution < -0.4 is 0 Å². The summed E-state index contributed by atoms with van der Waals surface area (Å²) in [5.41, 5.74) is 70.6. The highest BCUT2D eigenvalue weighted by molar-refractivity contribution is 5.97. The predicted molar refractivity (Wildman–Crippen MR) is 566 cm³/mol. The molecule has 0 aliphatic heterocycles. The van der Waals surface area contributed by atoms with Gasteiger partial charge in [-0.25, -0.2) is 0 Å². The average Bonchev–Trinajstić information content (AvgIpc) is 1.93. The van der Waals surface area contributed by atoms with Crippen molar-refractivity contribution in [2.45, 2.75) is 160 Å². The van der Waals surface area contributed by atoms with Gasteiger partial charge in [0.15, 0.2) is 0 Å². The Kier molecular flexibility index (Phi) is 25.5. The fourth-order valence-corrected chi connectivity index (χ4v) is 23.0. The van der Waals surface area contributed by atoms with Crippen LogP contribution in [0.25, 0.3) is 134 Å². The zero-order valence-corrected chi connectivity index (χ0v) is 79.1. The zero-order chi connectivity index (χ0) is 90.6. The monoisotopic (exact) mass is 1700 g/mol. The van der Waals surface area contributed by atoms with Crippen LogP contribution in [0, 0.1) is 0 Å². The molecule has 0 aromatic heterocycles. The van der Waals surface area contributed by atoms with Gasteiger partial charge in [0.2, 0.25) is 0 Å². The van der Waals surface area contributed by atoms with E-state index in [1.54, 1.807) is 11.1 Å². The molecule has 0 saturated heterocycles. The molecule has 0 amide bonds. The number of hydrogen-bond acceptors (Lipinski definition) is 0. The number of rotatable bonds is 0. The van der Waals surface area contributed by atoms with Crippen molar-refractivity contribution < 1.29 is 0 Å². The first-order chi connectivity index (χ1) is 65.5. The summed E-state index contributed by atoms with van der Waals surface area (Å²) < 4.78 is 0. The van der Waals surface area contributed by atoms with Gasteiger partial charge in [0.05, 0.1) is 0 Å². The van der Waals surface area contributed by atoms with E-state index in [4.69, 9.17) is 0 Å². The Morgan fingerprint density at radius 2 is 0.258 bits per heavy atom. The summed E-state index contributed by atoms with van der Waals surface area (Å²) in [5, 5.41) is 0. The predicted octanol–water partition coefficient (Wildman–Crippen LogP) is 35.1. The molecule has 0 atom stereocenters. The van der Waals surface area contributed by atoms with Crippen LogP contribution in [0.3, 0.4) is 0 Å². The zero-order valence-electron chi connectivity index (χ0n) is 79.1. The van der Waals surface area contributed by atoms with Crippen molar-refractivity contribution in [3.05, 3.63) is 498 Å². The molecule has 0 heterocycles. The molecule has 132 heavy (non-hydrogen) atoms. The fourth-order valence-electron chi connectivity index (χ4n) is 23.0. The summed E-state index contributed by atoms with van der Waals surface area (Å²) >= 11 is 0. The standard InChI is InChI=1S/6C20H14.6C2H6/c2*1-3-7-16-14(6-1)12-19-18(16)10-9-15-11-13-5-2-4-8-17(13)20(15)19;1-3-7-17-13(5-1)9-15-11-20-16(12-19(15)17)10-14-6-2-4-8-18(14)20;1-3-7-17-13(5-1)9-15-11-16-10-14-6-2-4-8-18(14)20(16)12-19(15)17;1-3-7-17-13(5-1)11-15-9-10-16-12-14-6-2-4-8-18(14)20(16)19(15)17;1-3-7-15-13(5-1)11-19-17(15)9-10-18-16-8-4-2-6-14(16)12-20(18)19;6*1-2/h2*1-10H,11-12H2;2*1-8,11-12H,9-10H2;2*1-10H,11-12H2;6*1-2H3. The third-order valence-electron chi connectivity index (χ3n) is 28.4. The first-order valence-electron chi connectivity index (χ1n) is 49.4. The fraction of sp³-hybridized carbons (Fsp3) is 0.182. The van der Waals surface area contributed by atoms with Crippen LogP contribution in [0.5, 0.6) is 0 Å². The van der Waals surface area contributed by atoms with E-state index in [1.807, 2.05) is 83.1 Å². The molecule has 0 fully saturated rings. The quantitative estimate of drug-likeness (QED) is 0.142. The van der Waals surface area contributed by atoms with Gasteiger partial charge in [0, 0.05) is 0 Å². The highest BCUT2D eigenvalue weighted by Crippen LogP contribution is 2.54. The molecule has 18 aromatic carbocycles. The highest BCUT2D eigenvalue weighted by Gasteiger charge is 2.34. The Morgan fingerprint density at radius 3 is 0.523 bits per heavy atom. The van der Waals surface area contributed by atoms with Gasteiger partial charge in [-0.05, 0) is 362 Å². The molecule has 0 spiro atoms. The second-order valence-corrected chi connectivity index (χ2v) is 34.8. The molecular formula is C132H120. The van der Waals surface area contributed by atoms with E-state index in [2.05, 4.69) is 364 Å². The number of hydrogen-bond donors (Lipinski definition) is 0. The largest absolute Gasteiger partial charge is 0.0683 e. The lowest BCUT2D eigenvalue weighted by Gasteiger charge is -2.10. The second-order valence-electron chi connectivity index (χ2n) is 34.8. The van der Waals surface area contributed by atoms with Crippen molar-refractivity contribution in [3.63, 3.8) is 0 Å². The van der Waals surface area contributed by atoms with Gasteiger partial charge in [-0.3, -0.25) is 0 Å². The summed E-state index contributed by atoms with van der Waals surface area (Å²) in [6, 6.07) is 134. The number of benzene rings is 18. The highest BCUT2D eigenvalue weighted by atomic mass is 14.4. The Bertz CT molecular complexity index is 6940. The van der Waals surface area contributed by atoms with Crippen LogP contribution in [0.15, 0.2) is 364 Å². The smallest absolute Gasteiger partial charge is 0.000718 e. The van der Waals surface area contributed by atoms with Gasteiger partial charge >= 0.3 is 0 Å². The molecule has 0 unspecified atom stereocenters. The van der Waals surface area contributed by atoms with Crippen LogP contribution in [-0.4, -0.2) is 0 Å². The van der Waals surface area contributed by atoms with Crippen LogP contribution in [0.4, 0.5) is 0 Å². The van der Waals surface area contributed by atoms with Crippen LogP contribution in [-0.2, 0) is 77.0 Å². The van der Waals surface area contributed by atoms with Crippen molar-refractivity contribution in [1.29, 1.82) is 0 Å². The van der Waals surface area contributed by atoms with E-state index in [0.717, 1.165) is 77.0 Å². The Hall–Kier alpha value is -14.0. The van der Waals surface area contributed by atoms with Crippen molar-refractivity contribution >= 4 is 0 Å². The van der Waals surface area contributed by atoms with Crippen molar-refractivity contribution in [2.75, 3.05) is 0 Å². The van der Waals surface area contributed by atoms with Gasteiger partial charge in [-0.2, -0.15) is 0 Å². The van der Waals surface area contributed by atoms with Crippen LogP contribution in [0.2, 0.25) is 0 Å². The second kappa shape index (κ2) is 38.6. The van der Waals surface area contributed by atoms with Gasteiger partial charge in [0.1, 0.15) is 0 Å². The van der Waals surface area contributed by atoms with E-state index in [0.29, 0.717) is 0 Å². The summed E-state index contributed by atoms with van der Waals surface area (Å²) in [6.45, 7) is 24.0. The molecule has 12 aliphatic rings. The maximum atomic E-state index is 2.44. The lowest BCUT2D eigenvalue weighted by molar-refractivity contribution is 1.16. The molecule has 0 bridgehead atoms. The minimum atomic E-state index is 1.08. The van der Waals surface area contributed by atoms with E-state index >= 15 is 0 Å². The van der Waals surface area contributed by atoms with Gasteiger partial charge in [-0.1, -0.05) is 429 Å². The molecule has 0 radical (unpaired) electrons. The summed E-state index contributed by atoms with van der Waals surface area (Å²) in [4.78, 5) is 0. The Morgan fingerprint density at radius 1 is 0.0985 bits per heavy atom. The molecular weight excluding hydrogens is 1590 g/mol. The average molecular weight is 1710 g/mol. The molecule has 0 nitrogen and oxygen atoms in total. The summed E-state index contributed by atoms with van der Waals surface area (Å²) in [5.74, 6) is 0. The minimum absolute atomic E-state index is 1.08. The van der Waals surface area contributed by atoms with Gasteiger partial charge in [-0.15, -0.1) is 0 Å². The molecule has 0 saturated carbocycles. The molecule has 30 rings (SSSR count). The van der Waals surface area contributed by atoms with Crippen LogP contribution in [0.1, 0.15) is 217 Å². The Labute approximate surface area is 785 Å². The lowest BCUT2D eigenvalue weighted by Crippen LogP contribution is -1.90. The molecule has 12 aliphatic carbocycles. The summed E-state index contributed by atoms with van der Waals surface area (Å²) in [7, 11) is 0. The van der Waals surface area contributed by atoms with Crippen molar-refractivity contribution in [1.82, 2.24) is 0 Å². The lowest BCUT2D eigenvalue weighted by atomic mass is 9.94. The van der Waals surface area contributed by atoms with E-state index in [9.17, 15) is 0 Å². The Balaban J connectivity index is 0.0000000999. The van der Waals surface area contributed by atoms with Crippen LogP contribution >= 0.6 is 0 Å². The SMILES string of the molecule is CC.CC.CC.CC.CC.CC.c1ccc2c(c1)Cc1c-2ccc2c1-c1ccccc1C2.c1ccc2c(c1)Cc1c-2ccc2c1-c1ccccc1C2.c1ccc2c(c1)Cc1c-2ccc2c1Cc1ccccc1-2.c1ccc2c(c1)Cc1cc3c(cc1-2)-c1ccccc1C3.c1ccc2c(c1)Cc1cc3c(cc1-2)Cc1ccccc1-3.c1ccc2c(c1)Cc1ccc3c(c1-2)-c1ccccc1C3. The van der Waals surface area contributed by atoms with E-state index < -0.39 is 0 Å². The van der Waals surface area contributed by atoms with E-state index in [-0.39, 0.29) is 0 Å². The summed E-state index contributed by atoms with van der Waals surface area (Å²) in [6.07, 6.45) is 13.1.